The van der Waals surface area contributed by atoms with E-state index in [0.29, 0.717) is 47.3 Å². The van der Waals surface area contributed by atoms with Gasteiger partial charge in [0.2, 0.25) is 12.1 Å². The van der Waals surface area contributed by atoms with Gasteiger partial charge in [0.05, 0.1) is 72.7 Å². The first-order chi connectivity index (χ1) is 28.4. The van der Waals surface area contributed by atoms with Gasteiger partial charge in [-0.15, -0.1) is 11.3 Å². The highest BCUT2D eigenvalue weighted by atomic mass is 32.1. The maximum absolute atomic E-state index is 16.8. The van der Waals surface area contributed by atoms with Crippen LogP contribution in [-0.2, 0) is 9.53 Å². The zero-order valence-corrected chi connectivity index (χ0v) is 35.7. The minimum atomic E-state index is -1.26. The van der Waals surface area contributed by atoms with Crippen molar-refractivity contribution in [2.45, 2.75) is 88.9 Å². The number of rotatable bonds is 9. The third-order valence-electron chi connectivity index (χ3n) is 12.5. The molecule has 0 radical (unpaired) electrons. The van der Waals surface area contributed by atoms with Crippen molar-refractivity contribution >= 4 is 42.3 Å². The molecule has 4 atom stereocenters. The number of thiophene rings is 1. The van der Waals surface area contributed by atoms with Crippen LogP contribution in [0.15, 0.2) is 60.9 Å². The van der Waals surface area contributed by atoms with Crippen molar-refractivity contribution < 1.29 is 23.5 Å². The number of likely N-dealkylation sites (tertiary alicyclic amines) is 1. The second-order valence-electron chi connectivity index (χ2n) is 17.7. The summed E-state index contributed by atoms with van der Waals surface area (Å²) < 4.78 is 30.6. The fourth-order valence-corrected chi connectivity index (χ4v) is 12.8. The minimum absolute atomic E-state index is 0.148. The lowest BCUT2D eigenvalue weighted by Crippen LogP contribution is -2.51. The summed E-state index contributed by atoms with van der Waals surface area (Å²) in [6.45, 7) is 9.14. The van der Waals surface area contributed by atoms with E-state index in [9.17, 15) is 9.59 Å². The fraction of sp³-hybridized carbons (Fsp3) is 0.409. The van der Waals surface area contributed by atoms with Crippen LogP contribution in [0.2, 0.25) is 19.1 Å². The molecule has 4 aromatic heterocycles. The molecule has 0 bridgehead atoms. The highest BCUT2D eigenvalue weighted by molar-refractivity contribution is 7.12. The Morgan fingerprint density at radius 3 is 2.49 bits per heavy atom. The Kier molecular flexibility index (Phi) is 9.32. The summed E-state index contributed by atoms with van der Waals surface area (Å²) >= 11 is 1.77. The van der Waals surface area contributed by atoms with Crippen LogP contribution in [0.5, 0.6) is 5.75 Å². The molecule has 6 aromatic rings. The van der Waals surface area contributed by atoms with Gasteiger partial charge in [0.15, 0.2) is 0 Å². The highest BCUT2D eigenvalue weighted by Gasteiger charge is 2.39. The SMILES string of the molecule is COC(=O)N[C@H](C(=O)N1CCC[C@H]1c1ncc(-c2cc(F)c3c(c2)O[C@@H](c2ccc(C4CC4)s2)n2c-3cc3cc(-c4cnc([C@@H]5C[Si](C)(C)CN5)[nH]4)ccc32)[nH]1)C(C)C. The monoisotopic (exact) mass is 832 g/mol. The smallest absolute Gasteiger partial charge is 0.407 e. The summed E-state index contributed by atoms with van der Waals surface area (Å²) in [5.74, 6) is 1.91. The highest BCUT2D eigenvalue weighted by Crippen LogP contribution is 2.50. The molecule has 1 saturated carbocycles. The van der Waals surface area contributed by atoms with E-state index in [1.54, 1.807) is 22.4 Å². The standard InChI is InChI=1S/C44H49FN8O4SSi/c1-23(2)39(51-44(55)56-3)42(54)52-14-6-7-33(52)41-47-20-30(50-41)26-16-28(45)38-34-17-27-15-25(29-19-46-40(49-29)31-21-59(4,5)22-48-31)10-11-32(27)53(34)43(57-35(38)18-26)37-13-12-36(58-37)24-8-9-24/h10-13,15-20,23-24,31,33,39,43,48H,6-9,14,21-22H2,1-5H3,(H,46,49)(H,47,50)(H,51,55)/t31-,33-,39-,43-/m0/s1. The second-order valence-corrected chi connectivity index (χ2v) is 23.9. The van der Waals surface area contributed by atoms with Gasteiger partial charge in [0.1, 0.15) is 29.3 Å². The van der Waals surface area contributed by atoms with E-state index in [1.165, 1.54) is 30.9 Å². The van der Waals surface area contributed by atoms with Gasteiger partial charge in [-0.05, 0) is 92.2 Å². The molecule has 4 aliphatic rings. The first-order valence-corrected chi connectivity index (χ1v) is 24.9. The van der Waals surface area contributed by atoms with E-state index in [2.05, 4.69) is 74.7 Å². The number of ether oxygens (including phenoxy) is 2. The number of aromatic amines is 2. The Balaban J connectivity index is 0.992. The van der Waals surface area contributed by atoms with Crippen LogP contribution in [0.25, 0.3) is 44.7 Å². The van der Waals surface area contributed by atoms with Crippen LogP contribution < -0.4 is 15.4 Å². The van der Waals surface area contributed by atoms with Gasteiger partial charge in [-0.2, -0.15) is 0 Å². The number of aromatic nitrogens is 5. The van der Waals surface area contributed by atoms with Crippen molar-refractivity contribution in [3.8, 4) is 39.5 Å². The number of benzene rings is 2. The number of amides is 2. The predicted molar refractivity (Wildman–Crippen MR) is 228 cm³/mol. The predicted octanol–water partition coefficient (Wildman–Crippen LogP) is 9.04. The largest absolute Gasteiger partial charge is 0.464 e. The number of H-pyrrole nitrogens is 2. The molecular formula is C44H49FN8O4SSi. The Bertz CT molecular complexity index is 2610. The number of carbonyl (C=O) groups excluding carboxylic acids is 2. The molecule has 2 amide bonds. The number of fused-ring (bicyclic) bond motifs is 5. The molecule has 15 heteroatoms. The molecule has 59 heavy (non-hydrogen) atoms. The molecule has 2 saturated heterocycles. The summed E-state index contributed by atoms with van der Waals surface area (Å²) in [6.07, 6.45) is 7.47. The zero-order chi connectivity index (χ0) is 40.7. The molecule has 10 rings (SSSR count). The van der Waals surface area contributed by atoms with E-state index in [4.69, 9.17) is 19.4 Å². The number of alkyl carbamates (subject to hydrolysis) is 1. The van der Waals surface area contributed by atoms with Gasteiger partial charge < -0.3 is 35.0 Å². The number of nitrogens with one attached hydrogen (secondary N) is 4. The number of nitrogens with zero attached hydrogens (tertiary/aromatic N) is 4. The molecule has 3 aliphatic heterocycles. The van der Waals surface area contributed by atoms with Crippen LogP contribution in [-0.4, -0.2) is 75.3 Å². The van der Waals surface area contributed by atoms with Crippen molar-refractivity contribution in [1.82, 2.24) is 40.0 Å². The fourth-order valence-electron chi connectivity index (χ4n) is 9.17. The van der Waals surface area contributed by atoms with Crippen molar-refractivity contribution in [3.63, 3.8) is 0 Å². The lowest BCUT2D eigenvalue weighted by molar-refractivity contribution is -0.135. The van der Waals surface area contributed by atoms with Gasteiger partial charge in [0, 0.05) is 27.9 Å². The molecule has 306 valence electrons. The Hall–Kier alpha value is -5.25. The summed E-state index contributed by atoms with van der Waals surface area (Å²) in [7, 11) is 0.0211. The summed E-state index contributed by atoms with van der Waals surface area (Å²) in [6, 6.07) is 16.6. The third kappa shape index (κ3) is 6.86. The molecule has 2 aromatic carbocycles. The quantitative estimate of drug-likeness (QED) is 0.107. The normalized spacial score (nSPS) is 21.4. The molecule has 0 unspecified atom stereocenters. The van der Waals surface area contributed by atoms with Gasteiger partial charge >= 0.3 is 6.09 Å². The average Bonchev–Trinajstić information content (AvgIpc) is 3.90. The maximum atomic E-state index is 16.8. The van der Waals surface area contributed by atoms with Crippen LogP contribution in [0, 0.1) is 11.7 Å². The Morgan fingerprint density at radius 1 is 0.983 bits per heavy atom. The van der Waals surface area contributed by atoms with Gasteiger partial charge in [-0.3, -0.25) is 9.36 Å². The number of hydrogen-bond acceptors (Lipinski definition) is 8. The summed E-state index contributed by atoms with van der Waals surface area (Å²) in [5, 5.41) is 7.35. The van der Waals surface area contributed by atoms with E-state index in [-0.39, 0.29) is 23.9 Å². The van der Waals surface area contributed by atoms with Crippen molar-refractivity contribution in [3.05, 3.63) is 88.1 Å². The van der Waals surface area contributed by atoms with Gasteiger partial charge in [0.25, 0.3) is 0 Å². The number of methoxy groups -OCH3 is 1. The topological polar surface area (TPSA) is 142 Å². The van der Waals surface area contributed by atoms with E-state index in [0.717, 1.165) is 57.2 Å². The molecule has 7 heterocycles. The molecule has 12 nitrogen and oxygen atoms in total. The van der Waals surface area contributed by atoms with E-state index >= 15 is 4.39 Å². The van der Waals surface area contributed by atoms with Gasteiger partial charge in [-0.1, -0.05) is 33.0 Å². The third-order valence-corrected chi connectivity index (χ3v) is 16.4. The number of imidazole rings is 2. The zero-order valence-electron chi connectivity index (χ0n) is 33.9. The van der Waals surface area contributed by atoms with Gasteiger partial charge in [-0.25, -0.2) is 19.2 Å². The van der Waals surface area contributed by atoms with E-state index < -0.39 is 32.3 Å². The maximum Gasteiger partial charge on any atom is 0.407 e. The lowest BCUT2D eigenvalue weighted by Gasteiger charge is -2.30. The Morgan fingerprint density at radius 2 is 1.75 bits per heavy atom. The first-order valence-electron chi connectivity index (χ1n) is 20.7. The van der Waals surface area contributed by atoms with Crippen LogP contribution in [0.3, 0.4) is 0 Å². The molecule has 0 spiro atoms. The first kappa shape index (κ1) is 38.0. The minimum Gasteiger partial charge on any atom is -0.464 e. The van der Waals surface area contributed by atoms with Crippen LogP contribution in [0.1, 0.15) is 85.2 Å². The molecule has 3 fully saturated rings. The van der Waals surface area contributed by atoms with Crippen molar-refractivity contribution in [1.29, 1.82) is 0 Å². The second kappa shape index (κ2) is 14.5. The lowest BCUT2D eigenvalue weighted by atomic mass is 10.0. The summed E-state index contributed by atoms with van der Waals surface area (Å²) in [4.78, 5) is 46.5. The Labute approximate surface area is 346 Å². The van der Waals surface area contributed by atoms with Crippen molar-refractivity contribution in [2.75, 3.05) is 19.8 Å². The van der Waals surface area contributed by atoms with Crippen molar-refractivity contribution in [2.24, 2.45) is 5.92 Å². The number of hydrogen-bond donors (Lipinski definition) is 4. The number of halogens is 1. The van der Waals surface area contributed by atoms with Crippen LogP contribution >= 0.6 is 11.3 Å². The van der Waals surface area contributed by atoms with E-state index in [1.807, 2.05) is 26.1 Å². The average molecular weight is 833 g/mol. The molecule has 1 aliphatic carbocycles. The molecule has 4 N–H and O–H groups in total. The summed E-state index contributed by atoms with van der Waals surface area (Å²) in [5.41, 5.74) is 5.32. The molecular weight excluding hydrogens is 784 g/mol. The number of carbonyl (C=O) groups is 2. The van der Waals surface area contributed by atoms with Crippen LogP contribution in [0.4, 0.5) is 9.18 Å².